The molecular weight excluding hydrogens is 336 g/mol. The molecule has 0 aliphatic rings. The number of aryl methyl sites for hydroxylation is 1. The van der Waals surface area contributed by atoms with E-state index < -0.39 is 0 Å². The molecule has 0 saturated heterocycles. The van der Waals surface area contributed by atoms with Crippen molar-refractivity contribution in [3.8, 4) is 11.5 Å². The molecule has 0 saturated carbocycles. The predicted molar refractivity (Wildman–Crippen MR) is 104 cm³/mol. The smallest absolute Gasteiger partial charge is 0.180 e. The minimum Gasteiger partial charge on any atom is -0.493 e. The number of hydrogen-bond donors (Lipinski definition) is 2. The lowest BCUT2D eigenvalue weighted by molar-refractivity contribution is 0.284. The van der Waals surface area contributed by atoms with E-state index >= 15 is 0 Å². The Hall–Kier alpha value is -1.75. The Morgan fingerprint density at radius 2 is 1.92 bits per heavy atom. The van der Waals surface area contributed by atoms with Crippen molar-refractivity contribution in [3.63, 3.8) is 0 Å². The van der Waals surface area contributed by atoms with Crippen LogP contribution in [0.3, 0.4) is 0 Å². The van der Waals surface area contributed by atoms with Crippen molar-refractivity contribution in [2.75, 3.05) is 27.2 Å². The summed E-state index contributed by atoms with van der Waals surface area (Å²) in [4.78, 5) is 0. The summed E-state index contributed by atoms with van der Waals surface area (Å²) in [5, 5.41) is 7.11. The average Bonchev–Trinajstić information content (AvgIpc) is 2.61. The molecule has 0 aliphatic carbocycles. The van der Waals surface area contributed by atoms with Gasteiger partial charge in [-0.05, 0) is 62.3 Å². The molecule has 25 heavy (non-hydrogen) atoms. The minimum absolute atomic E-state index is 0.463. The van der Waals surface area contributed by atoms with Crippen LogP contribution >= 0.6 is 11.6 Å². The number of ether oxygens (including phenoxy) is 2. The average molecular weight is 363 g/mol. The number of hydrogen-bond acceptors (Lipinski definition) is 4. The third kappa shape index (κ3) is 5.92. The van der Waals surface area contributed by atoms with Gasteiger partial charge in [-0.15, -0.1) is 0 Å². The van der Waals surface area contributed by atoms with E-state index in [0.717, 1.165) is 37.2 Å². The van der Waals surface area contributed by atoms with Crippen molar-refractivity contribution >= 4 is 11.6 Å². The summed E-state index contributed by atoms with van der Waals surface area (Å²) in [5.74, 6) is 1.25. The predicted octanol–water partition coefficient (Wildman–Crippen LogP) is 3.94. The van der Waals surface area contributed by atoms with Crippen LogP contribution in [0.2, 0.25) is 5.02 Å². The molecule has 0 radical (unpaired) electrons. The maximum atomic E-state index is 6.44. The molecule has 0 amide bonds. The molecule has 0 fully saturated rings. The first-order valence-electron chi connectivity index (χ1n) is 8.54. The first-order chi connectivity index (χ1) is 12.2. The quantitative estimate of drug-likeness (QED) is 0.628. The van der Waals surface area contributed by atoms with Crippen LogP contribution in [0, 0.1) is 6.92 Å². The third-order valence-electron chi connectivity index (χ3n) is 4.03. The molecule has 0 aromatic heterocycles. The van der Waals surface area contributed by atoms with Crippen LogP contribution in [0.5, 0.6) is 11.5 Å². The molecule has 2 aromatic carbocycles. The van der Waals surface area contributed by atoms with Crippen molar-refractivity contribution in [2.45, 2.75) is 26.5 Å². The van der Waals surface area contributed by atoms with E-state index in [4.69, 9.17) is 21.1 Å². The van der Waals surface area contributed by atoms with E-state index in [-0.39, 0.29) is 0 Å². The summed E-state index contributed by atoms with van der Waals surface area (Å²) >= 11 is 6.44. The number of nitrogens with one attached hydrogen (secondary N) is 2. The number of halogens is 1. The van der Waals surface area contributed by atoms with Crippen molar-refractivity contribution in [1.82, 2.24) is 10.6 Å². The molecule has 4 nitrogen and oxygen atoms in total. The van der Waals surface area contributed by atoms with E-state index in [9.17, 15) is 0 Å². The molecule has 5 heteroatoms. The molecule has 0 aliphatic heterocycles. The molecule has 0 atom stereocenters. The van der Waals surface area contributed by atoms with Crippen molar-refractivity contribution < 1.29 is 9.47 Å². The van der Waals surface area contributed by atoms with Crippen LogP contribution in [-0.2, 0) is 13.2 Å². The van der Waals surface area contributed by atoms with Gasteiger partial charge in [0.05, 0.1) is 12.1 Å². The van der Waals surface area contributed by atoms with E-state index in [1.54, 1.807) is 7.11 Å². The fraction of sp³-hybridized carbons (Fsp3) is 0.400. The van der Waals surface area contributed by atoms with Gasteiger partial charge in [0.1, 0.15) is 6.61 Å². The van der Waals surface area contributed by atoms with Gasteiger partial charge in [-0.3, -0.25) is 0 Å². The Labute approximate surface area is 155 Å². The molecule has 2 N–H and O–H groups in total. The summed E-state index contributed by atoms with van der Waals surface area (Å²) in [7, 11) is 3.59. The Kier molecular flexibility index (Phi) is 8.06. The number of benzene rings is 2. The molecular formula is C20H27ClN2O2. The largest absolute Gasteiger partial charge is 0.493 e. The third-order valence-corrected chi connectivity index (χ3v) is 4.31. The highest BCUT2D eigenvalue weighted by Crippen LogP contribution is 2.37. The second-order valence-electron chi connectivity index (χ2n) is 5.96. The maximum Gasteiger partial charge on any atom is 0.180 e. The van der Waals surface area contributed by atoms with Gasteiger partial charge in [0.2, 0.25) is 0 Å². The lowest BCUT2D eigenvalue weighted by Gasteiger charge is -2.15. The summed E-state index contributed by atoms with van der Waals surface area (Å²) < 4.78 is 11.4. The summed E-state index contributed by atoms with van der Waals surface area (Å²) in [6.45, 7) is 5.23. The van der Waals surface area contributed by atoms with Gasteiger partial charge >= 0.3 is 0 Å². The lowest BCUT2D eigenvalue weighted by atomic mass is 10.1. The van der Waals surface area contributed by atoms with Crippen LogP contribution in [0.1, 0.15) is 23.1 Å². The minimum atomic E-state index is 0.463. The first kappa shape index (κ1) is 19.6. The fourth-order valence-electron chi connectivity index (χ4n) is 2.56. The van der Waals surface area contributed by atoms with Crippen LogP contribution in [0.4, 0.5) is 0 Å². The highest BCUT2D eigenvalue weighted by Gasteiger charge is 2.12. The monoisotopic (exact) mass is 362 g/mol. The Morgan fingerprint density at radius 1 is 1.12 bits per heavy atom. The molecule has 2 aromatic rings. The van der Waals surface area contributed by atoms with E-state index in [2.05, 4.69) is 29.7 Å². The van der Waals surface area contributed by atoms with E-state index in [1.165, 1.54) is 5.56 Å². The second kappa shape index (κ2) is 10.3. The lowest BCUT2D eigenvalue weighted by Crippen LogP contribution is -2.19. The molecule has 0 heterocycles. The molecule has 0 bridgehead atoms. The first-order valence-corrected chi connectivity index (χ1v) is 8.92. The maximum absolute atomic E-state index is 6.44. The zero-order chi connectivity index (χ0) is 18.1. The van der Waals surface area contributed by atoms with Gasteiger partial charge in [-0.2, -0.15) is 0 Å². The molecule has 2 rings (SSSR count). The van der Waals surface area contributed by atoms with Crippen LogP contribution < -0.4 is 20.1 Å². The number of rotatable bonds is 10. The van der Waals surface area contributed by atoms with Gasteiger partial charge in [-0.1, -0.05) is 35.9 Å². The van der Waals surface area contributed by atoms with Crippen molar-refractivity contribution in [2.24, 2.45) is 0 Å². The van der Waals surface area contributed by atoms with Crippen molar-refractivity contribution in [1.29, 1.82) is 0 Å². The standard InChI is InChI=1S/C20H27ClN2O2/c1-15-7-4-5-8-17(15)14-25-20-18(21)11-16(12-19(20)24-3)13-23-10-6-9-22-2/h4-5,7-8,11-12,22-23H,6,9-10,13-14H2,1-3H3. The number of methoxy groups -OCH3 is 1. The highest BCUT2D eigenvalue weighted by molar-refractivity contribution is 6.32. The van der Waals surface area contributed by atoms with E-state index in [1.807, 2.05) is 31.3 Å². The van der Waals surface area contributed by atoms with Gasteiger partial charge in [0, 0.05) is 6.54 Å². The zero-order valence-electron chi connectivity index (χ0n) is 15.2. The normalized spacial score (nSPS) is 10.7. The van der Waals surface area contributed by atoms with E-state index in [0.29, 0.717) is 23.1 Å². The summed E-state index contributed by atoms with van der Waals surface area (Å²) in [5.41, 5.74) is 3.41. The molecule has 0 spiro atoms. The van der Waals surface area contributed by atoms with Gasteiger partial charge < -0.3 is 20.1 Å². The SMILES string of the molecule is CNCCCNCc1cc(Cl)c(OCc2ccccc2C)c(OC)c1. The highest BCUT2D eigenvalue weighted by atomic mass is 35.5. The fourth-order valence-corrected chi connectivity index (χ4v) is 2.85. The zero-order valence-corrected chi connectivity index (χ0v) is 16.0. The van der Waals surface area contributed by atoms with Gasteiger partial charge in [0.15, 0.2) is 11.5 Å². The Bertz CT molecular complexity index is 677. The Balaban J connectivity index is 2.02. The molecule has 0 unspecified atom stereocenters. The summed E-state index contributed by atoms with van der Waals surface area (Å²) in [6, 6.07) is 12.1. The Morgan fingerprint density at radius 3 is 2.64 bits per heavy atom. The van der Waals surface area contributed by atoms with Gasteiger partial charge in [-0.25, -0.2) is 0 Å². The van der Waals surface area contributed by atoms with Gasteiger partial charge in [0.25, 0.3) is 0 Å². The van der Waals surface area contributed by atoms with Crippen LogP contribution in [0.15, 0.2) is 36.4 Å². The van der Waals surface area contributed by atoms with Crippen LogP contribution in [0.25, 0.3) is 0 Å². The van der Waals surface area contributed by atoms with Crippen LogP contribution in [-0.4, -0.2) is 27.2 Å². The summed E-state index contributed by atoms with van der Waals surface area (Å²) in [6.07, 6.45) is 1.08. The topological polar surface area (TPSA) is 42.5 Å². The molecule has 136 valence electrons. The second-order valence-corrected chi connectivity index (χ2v) is 6.37. The van der Waals surface area contributed by atoms with Crippen molar-refractivity contribution in [3.05, 3.63) is 58.1 Å².